The average Bonchev–Trinajstić information content (AvgIpc) is 1.73. The van der Waals surface area contributed by atoms with Crippen molar-refractivity contribution in [2.24, 2.45) is 5.92 Å². The molecule has 3 N–H and O–H groups in total. The summed E-state index contributed by atoms with van der Waals surface area (Å²) in [5, 5.41) is 7.18. The Morgan fingerprint density at radius 3 is 1.05 bits per heavy atom. The summed E-state index contributed by atoms with van der Waals surface area (Å²) >= 11 is 5.97. The second kappa shape index (κ2) is 32.7. The van der Waals surface area contributed by atoms with E-state index in [0.717, 1.165) is 93.6 Å². The summed E-state index contributed by atoms with van der Waals surface area (Å²) in [4.78, 5) is 70.6. The minimum Gasteiger partial charge on any atom is -0.497 e. The number of benzene rings is 9. The summed E-state index contributed by atoms with van der Waals surface area (Å²) in [5.41, 5.74) is 1.62. The third-order valence-electron chi connectivity index (χ3n) is 17.0. The van der Waals surface area contributed by atoms with Crippen molar-refractivity contribution >= 4 is 47.6 Å². The lowest BCUT2D eigenvalue weighted by Gasteiger charge is -2.19. The molecule has 3 aliphatic heterocycles. The van der Waals surface area contributed by atoms with E-state index < -0.39 is 59.2 Å². The first-order valence-corrected chi connectivity index (χ1v) is 34.3. The molecule has 3 saturated heterocycles. The Morgan fingerprint density at radius 2 is 0.724 bits per heavy atom. The zero-order valence-electron chi connectivity index (χ0n) is 58.2. The molecule has 1 saturated carbocycles. The highest BCUT2D eigenvalue weighted by atomic mass is 35.5. The molecule has 105 heavy (non-hydrogen) atoms. The molecule has 0 spiro atoms. The van der Waals surface area contributed by atoms with Crippen LogP contribution in [0.15, 0.2) is 200 Å². The van der Waals surface area contributed by atoms with Crippen LogP contribution in [0, 0.1) is 5.92 Å². The van der Waals surface area contributed by atoms with Gasteiger partial charge in [-0.15, -0.1) is 13.2 Å². The van der Waals surface area contributed by atoms with Crippen molar-refractivity contribution in [1.29, 1.82) is 0 Å². The van der Waals surface area contributed by atoms with Gasteiger partial charge in [-0.1, -0.05) is 74.7 Å². The summed E-state index contributed by atoms with van der Waals surface area (Å²) in [7, 11) is 1.63. The van der Waals surface area contributed by atoms with Crippen LogP contribution in [0.2, 0.25) is 5.02 Å². The van der Waals surface area contributed by atoms with Gasteiger partial charge in [-0.2, -0.15) is 0 Å². The van der Waals surface area contributed by atoms with Gasteiger partial charge in [0, 0.05) is 24.3 Å². The summed E-state index contributed by atoms with van der Waals surface area (Å²) in [6.07, 6.45) is 0.372. The molecule has 24 heteroatoms. The molecule has 9 aromatic carbocycles. The predicted octanol–water partition coefficient (Wildman–Crippen LogP) is 18.9. The van der Waals surface area contributed by atoms with Crippen LogP contribution in [0.25, 0.3) is 0 Å². The number of methoxy groups -OCH3 is 1. The van der Waals surface area contributed by atoms with Crippen LogP contribution in [-0.4, -0.2) is 66.3 Å². The second-order valence-corrected chi connectivity index (χ2v) is 26.3. The van der Waals surface area contributed by atoms with Crippen LogP contribution in [0.4, 0.5) is 27.6 Å². The highest BCUT2D eigenvalue weighted by Crippen LogP contribution is 2.41. The lowest BCUT2D eigenvalue weighted by Crippen LogP contribution is -2.38. The van der Waals surface area contributed by atoms with E-state index in [1.807, 2.05) is 140 Å². The molecule has 0 aromatic heterocycles. The van der Waals surface area contributed by atoms with Crippen molar-refractivity contribution in [2.45, 2.75) is 122 Å². The molecule has 9 aromatic rings. The number of amides is 6. The van der Waals surface area contributed by atoms with Crippen LogP contribution in [0.5, 0.6) is 80.5 Å². The number of ether oxygens (including phenoxy) is 11. The van der Waals surface area contributed by atoms with Crippen molar-refractivity contribution < 1.29 is 94.0 Å². The van der Waals surface area contributed by atoms with Crippen molar-refractivity contribution in [1.82, 2.24) is 16.0 Å². The molecule has 13 rings (SSSR count). The largest absolute Gasteiger partial charge is 0.573 e. The Morgan fingerprint density at radius 1 is 0.410 bits per heavy atom. The molecule has 3 heterocycles. The monoisotopic (exact) mass is 1450 g/mol. The smallest absolute Gasteiger partial charge is 0.497 e. The number of hydrogen-bond donors (Lipinski definition) is 3. The van der Waals surface area contributed by atoms with Crippen LogP contribution in [0.1, 0.15) is 93.7 Å². The van der Waals surface area contributed by atoms with Gasteiger partial charge in [0.1, 0.15) is 80.5 Å². The van der Waals surface area contributed by atoms with E-state index in [9.17, 15) is 41.9 Å². The summed E-state index contributed by atoms with van der Waals surface area (Å²) in [6.45, 7) is 8.88. The number of rotatable bonds is 26. The molecule has 3 atom stereocenters. The Kier molecular flexibility index (Phi) is 23.2. The van der Waals surface area contributed by atoms with Gasteiger partial charge in [-0.25, -0.2) is 14.4 Å². The number of alkyl carbamates (subject to hydrolysis) is 3. The number of carbonyl (C=O) groups is 6. The molecule has 4 fully saturated rings. The van der Waals surface area contributed by atoms with Crippen molar-refractivity contribution in [3.05, 3.63) is 239 Å². The lowest BCUT2D eigenvalue weighted by atomic mass is 9.96. The van der Waals surface area contributed by atoms with Gasteiger partial charge in [0.2, 0.25) is 0 Å². The third kappa shape index (κ3) is 20.6. The minimum absolute atomic E-state index is 0.184. The fourth-order valence-corrected chi connectivity index (χ4v) is 11.8. The standard InChI is InChI=1S/C27H24ClNO5.C27H24F3NO6.C27H27NO6/c1-27(25(30)29-26(31)34-27)16-18-3-2-4-22(14-18)33-24-12-11-23(15-19(24)13-17-5-6-17)32-21-9-7-20(28)8-10-21;1-3-5-18-15-22(34-19-8-10-20(11-9-19)36-27(28,29)30)12-13-23(18)35-21-7-4-6-17(14-21)16-26(2)24(32)31-25(33)37-26;1-4-6-19-16-23(32-21-11-9-20(31-3)10-12-21)13-14-24(19)33-22-8-5-7-18(15-22)17-27(2)25(29)28-26(30)34-27/h2-4,7-12,14-15,17H,5-6,13,16H2,1H3,(H,29,30,31);4,6-15H,3,5,16H2,1-2H3,(H,31,32,33);5,7-16H,4,6,17H2,1-3H3,(H,28,29,30)/t27-;26-;27-/m111/s1. The number of imide groups is 3. The first-order chi connectivity index (χ1) is 50.3. The normalized spacial score (nSPS) is 17.9. The fourth-order valence-electron chi connectivity index (χ4n) is 11.7. The van der Waals surface area contributed by atoms with E-state index in [-0.39, 0.29) is 25.0 Å². The number of nitrogens with one attached hydrogen (secondary N) is 3. The zero-order valence-corrected chi connectivity index (χ0v) is 58.9. The highest BCUT2D eigenvalue weighted by Gasteiger charge is 2.47. The van der Waals surface area contributed by atoms with Gasteiger partial charge >= 0.3 is 24.6 Å². The number of hydrogen-bond acceptors (Lipinski definition) is 17. The van der Waals surface area contributed by atoms with Gasteiger partial charge in [0.25, 0.3) is 17.7 Å². The van der Waals surface area contributed by atoms with Crippen LogP contribution >= 0.6 is 11.6 Å². The third-order valence-corrected chi connectivity index (χ3v) is 17.3. The predicted molar refractivity (Wildman–Crippen MR) is 381 cm³/mol. The Balaban J connectivity index is 0.000000158. The number of alkyl halides is 3. The summed E-state index contributed by atoms with van der Waals surface area (Å²) in [6, 6.07) is 58.7. The molecular weight excluding hydrogens is 1380 g/mol. The molecule has 6 amide bonds. The molecule has 0 radical (unpaired) electrons. The summed E-state index contributed by atoms with van der Waals surface area (Å²) < 4.78 is 98.1. The number of halogens is 4. The van der Waals surface area contributed by atoms with Crippen molar-refractivity contribution in [3.8, 4) is 80.5 Å². The fraction of sp³-hybridized carbons (Fsp3) is 0.259. The highest BCUT2D eigenvalue weighted by molar-refractivity contribution is 6.30. The molecule has 20 nitrogen and oxygen atoms in total. The maximum absolute atomic E-state index is 12.4. The lowest BCUT2D eigenvalue weighted by molar-refractivity contribution is -0.274. The summed E-state index contributed by atoms with van der Waals surface area (Å²) in [5.74, 6) is 7.38. The second-order valence-electron chi connectivity index (χ2n) is 25.9. The van der Waals surface area contributed by atoms with Gasteiger partial charge in [0.15, 0.2) is 16.8 Å². The number of aryl methyl sites for hydroxylation is 2. The zero-order chi connectivity index (χ0) is 74.5. The van der Waals surface area contributed by atoms with Crippen molar-refractivity contribution in [2.75, 3.05) is 7.11 Å². The SMILES string of the molecule is CCCc1cc(Oc2ccc(OC(F)(F)F)cc2)ccc1Oc1cccc(C[C@@]2(C)OC(=O)NC2=O)c1.CCCc1cc(Oc2ccc(OC)cc2)ccc1Oc1cccc(C[C@@]2(C)OC(=O)NC2=O)c1.C[C@]1(Cc2cccc(Oc3ccc(Oc4ccc(Cl)cc4)cc3CC3CC3)c2)OC(=O)NC1=O. The van der Waals surface area contributed by atoms with Gasteiger partial charge in [0.05, 0.1) is 7.11 Å². The topological polar surface area (TPSA) is 240 Å². The molecule has 544 valence electrons. The quantitative estimate of drug-likeness (QED) is 0.0427. The minimum atomic E-state index is -4.76. The Hall–Kier alpha value is -11.7. The first kappa shape index (κ1) is 74.5. The van der Waals surface area contributed by atoms with Gasteiger partial charge in [-0.3, -0.25) is 30.3 Å². The van der Waals surface area contributed by atoms with E-state index in [1.54, 1.807) is 70.3 Å². The molecule has 4 aliphatic rings. The maximum Gasteiger partial charge on any atom is 0.573 e. The molecular formula is C81H75ClF3N3O17. The van der Waals surface area contributed by atoms with E-state index in [4.69, 9.17) is 59.0 Å². The molecule has 1 aliphatic carbocycles. The van der Waals surface area contributed by atoms with Gasteiger partial charge < -0.3 is 52.1 Å². The van der Waals surface area contributed by atoms with E-state index in [2.05, 4.69) is 27.6 Å². The number of cyclic esters (lactones) is 3. The van der Waals surface area contributed by atoms with E-state index in [0.29, 0.717) is 57.6 Å². The van der Waals surface area contributed by atoms with Crippen LogP contribution < -0.4 is 53.8 Å². The van der Waals surface area contributed by atoms with Gasteiger partial charge in [-0.05, 0) is 256 Å². The van der Waals surface area contributed by atoms with E-state index >= 15 is 0 Å². The van der Waals surface area contributed by atoms with Crippen LogP contribution in [-0.2, 0) is 67.1 Å². The van der Waals surface area contributed by atoms with Crippen molar-refractivity contribution in [3.63, 3.8) is 0 Å². The molecule has 0 unspecified atom stereocenters. The Bertz CT molecular complexity index is 4650. The number of carbonyl (C=O) groups excluding carboxylic acids is 6. The maximum atomic E-state index is 12.4. The van der Waals surface area contributed by atoms with Crippen LogP contribution in [0.3, 0.4) is 0 Å². The van der Waals surface area contributed by atoms with E-state index in [1.165, 1.54) is 37.1 Å². The molecule has 0 bridgehead atoms. The first-order valence-electron chi connectivity index (χ1n) is 33.9. The Labute approximate surface area is 608 Å². The average molecular weight is 1450 g/mol.